The molecule has 0 bridgehead atoms. The lowest BCUT2D eigenvalue weighted by molar-refractivity contribution is -0.111. The SMILES string of the molecule is CCCCCCOc1ccc(C2CN(CCCC(=O)Cl)CCO2)cc1. The van der Waals surface area contributed by atoms with Gasteiger partial charge in [-0.05, 0) is 48.7 Å². The van der Waals surface area contributed by atoms with Gasteiger partial charge in [0.2, 0.25) is 5.24 Å². The van der Waals surface area contributed by atoms with Gasteiger partial charge in [-0.1, -0.05) is 38.3 Å². The van der Waals surface area contributed by atoms with Gasteiger partial charge in [-0.25, -0.2) is 0 Å². The molecule has 25 heavy (non-hydrogen) atoms. The van der Waals surface area contributed by atoms with Crippen LogP contribution in [0, 0.1) is 0 Å². The van der Waals surface area contributed by atoms with E-state index in [9.17, 15) is 4.79 Å². The number of halogens is 1. The zero-order chi connectivity index (χ0) is 17.9. The Labute approximate surface area is 156 Å². The zero-order valence-electron chi connectivity index (χ0n) is 15.2. The molecule has 1 fully saturated rings. The van der Waals surface area contributed by atoms with Gasteiger partial charge in [0.15, 0.2) is 0 Å². The maximum Gasteiger partial charge on any atom is 0.221 e. The average Bonchev–Trinajstić information content (AvgIpc) is 2.62. The first-order chi connectivity index (χ1) is 12.2. The summed E-state index contributed by atoms with van der Waals surface area (Å²) in [5, 5.41) is -0.255. The highest BCUT2D eigenvalue weighted by atomic mass is 35.5. The van der Waals surface area contributed by atoms with Gasteiger partial charge in [0.25, 0.3) is 0 Å². The number of nitrogens with zero attached hydrogens (tertiary/aromatic N) is 1. The average molecular weight is 368 g/mol. The van der Waals surface area contributed by atoms with Crippen LogP contribution in [-0.2, 0) is 9.53 Å². The third-order valence-electron chi connectivity index (χ3n) is 4.52. The van der Waals surface area contributed by atoms with Crippen molar-refractivity contribution in [2.24, 2.45) is 0 Å². The van der Waals surface area contributed by atoms with Gasteiger partial charge >= 0.3 is 0 Å². The summed E-state index contributed by atoms with van der Waals surface area (Å²) in [7, 11) is 0. The van der Waals surface area contributed by atoms with Crippen LogP contribution < -0.4 is 4.74 Å². The second kappa shape index (κ2) is 11.5. The number of morpholine rings is 1. The zero-order valence-corrected chi connectivity index (χ0v) is 16.0. The summed E-state index contributed by atoms with van der Waals surface area (Å²) in [6, 6.07) is 8.25. The molecule has 1 aliphatic rings. The Balaban J connectivity index is 1.75. The van der Waals surface area contributed by atoms with Crippen LogP contribution in [0.5, 0.6) is 5.75 Å². The minimum absolute atomic E-state index is 0.0825. The molecule has 0 aromatic heterocycles. The summed E-state index contributed by atoms with van der Waals surface area (Å²) in [5.41, 5.74) is 1.18. The molecule has 2 rings (SSSR count). The number of carbonyl (C=O) groups is 1. The van der Waals surface area contributed by atoms with Gasteiger partial charge in [-0.2, -0.15) is 0 Å². The highest BCUT2D eigenvalue weighted by Crippen LogP contribution is 2.24. The van der Waals surface area contributed by atoms with Crippen LogP contribution >= 0.6 is 11.6 Å². The van der Waals surface area contributed by atoms with E-state index in [1.54, 1.807) is 0 Å². The minimum Gasteiger partial charge on any atom is -0.494 e. The van der Waals surface area contributed by atoms with Crippen LogP contribution in [0.1, 0.15) is 57.1 Å². The predicted molar refractivity (Wildman–Crippen MR) is 101 cm³/mol. The molecule has 1 aliphatic heterocycles. The van der Waals surface area contributed by atoms with Crippen LogP contribution in [0.25, 0.3) is 0 Å². The van der Waals surface area contributed by atoms with Gasteiger partial charge in [0.1, 0.15) is 5.75 Å². The van der Waals surface area contributed by atoms with E-state index in [-0.39, 0.29) is 11.3 Å². The van der Waals surface area contributed by atoms with Crippen LogP contribution in [0.2, 0.25) is 0 Å². The van der Waals surface area contributed by atoms with Gasteiger partial charge in [0.05, 0.1) is 19.3 Å². The quantitative estimate of drug-likeness (QED) is 0.424. The van der Waals surface area contributed by atoms with Gasteiger partial charge in [-0.15, -0.1) is 0 Å². The van der Waals surface area contributed by atoms with E-state index in [0.717, 1.165) is 51.4 Å². The number of ether oxygens (including phenoxy) is 2. The Bertz CT molecular complexity index is 506. The summed E-state index contributed by atoms with van der Waals surface area (Å²) >= 11 is 5.40. The summed E-state index contributed by atoms with van der Waals surface area (Å²) in [5.74, 6) is 0.925. The molecule has 1 unspecified atom stereocenters. The lowest BCUT2D eigenvalue weighted by atomic mass is 10.1. The van der Waals surface area contributed by atoms with Crippen molar-refractivity contribution in [2.75, 3.05) is 32.8 Å². The fourth-order valence-electron chi connectivity index (χ4n) is 3.05. The van der Waals surface area contributed by atoms with E-state index in [0.29, 0.717) is 6.42 Å². The van der Waals surface area contributed by atoms with Crippen LogP contribution in [0.3, 0.4) is 0 Å². The lowest BCUT2D eigenvalue weighted by Gasteiger charge is -2.33. The molecule has 1 saturated heterocycles. The third-order valence-corrected chi connectivity index (χ3v) is 4.71. The molecule has 5 heteroatoms. The van der Waals surface area contributed by atoms with E-state index in [2.05, 4.69) is 24.0 Å². The van der Waals surface area contributed by atoms with E-state index in [4.69, 9.17) is 21.1 Å². The fourth-order valence-corrected chi connectivity index (χ4v) is 3.18. The summed E-state index contributed by atoms with van der Waals surface area (Å²) in [4.78, 5) is 13.2. The molecule has 4 nitrogen and oxygen atoms in total. The van der Waals surface area contributed by atoms with Crippen LogP contribution in [0.15, 0.2) is 24.3 Å². The monoisotopic (exact) mass is 367 g/mol. The molecule has 1 aromatic carbocycles. The summed E-state index contributed by atoms with van der Waals surface area (Å²) in [6.45, 7) is 6.36. The standard InChI is InChI=1S/C20H30ClNO3/c1-2-3-4-5-14-24-18-10-8-17(9-11-18)19-16-22(13-15-25-19)12-6-7-20(21)23/h8-11,19H,2-7,12-16H2,1H3. The van der Waals surface area contributed by atoms with E-state index in [1.807, 2.05) is 12.1 Å². The smallest absolute Gasteiger partial charge is 0.221 e. The van der Waals surface area contributed by atoms with Crippen molar-refractivity contribution in [3.8, 4) is 5.75 Å². The van der Waals surface area contributed by atoms with Crippen molar-refractivity contribution in [2.45, 2.75) is 51.6 Å². The minimum atomic E-state index is -0.255. The first-order valence-electron chi connectivity index (χ1n) is 9.44. The first-order valence-corrected chi connectivity index (χ1v) is 9.82. The molecule has 0 aliphatic carbocycles. The van der Waals surface area contributed by atoms with Crippen molar-refractivity contribution in [3.05, 3.63) is 29.8 Å². The van der Waals surface area contributed by atoms with Gasteiger partial charge < -0.3 is 9.47 Å². The number of rotatable bonds is 11. The van der Waals surface area contributed by atoms with Gasteiger partial charge in [0, 0.05) is 19.5 Å². The molecule has 1 aromatic rings. The summed E-state index contributed by atoms with van der Waals surface area (Å²) < 4.78 is 11.7. The Morgan fingerprint density at radius 1 is 1.24 bits per heavy atom. The number of hydrogen-bond donors (Lipinski definition) is 0. The molecule has 1 atom stereocenters. The molecule has 140 valence electrons. The Kier molecular flexibility index (Phi) is 9.30. The fraction of sp³-hybridized carbons (Fsp3) is 0.650. The number of unbranched alkanes of at least 4 members (excludes halogenated alkanes) is 3. The second-order valence-electron chi connectivity index (χ2n) is 6.60. The van der Waals surface area contributed by atoms with E-state index < -0.39 is 0 Å². The predicted octanol–water partition coefficient (Wildman–Crippen LogP) is 4.56. The molecule has 0 radical (unpaired) electrons. The third kappa shape index (κ3) is 7.76. The van der Waals surface area contributed by atoms with Crippen LogP contribution in [0.4, 0.5) is 0 Å². The highest BCUT2D eigenvalue weighted by molar-refractivity contribution is 6.63. The van der Waals surface area contributed by atoms with Gasteiger partial charge in [-0.3, -0.25) is 9.69 Å². The number of benzene rings is 1. The van der Waals surface area contributed by atoms with Crippen molar-refractivity contribution in [1.29, 1.82) is 0 Å². The van der Waals surface area contributed by atoms with Crippen molar-refractivity contribution in [3.63, 3.8) is 0 Å². The molecule has 0 amide bonds. The second-order valence-corrected chi connectivity index (χ2v) is 7.02. The van der Waals surface area contributed by atoms with Crippen LogP contribution in [-0.4, -0.2) is 43.0 Å². The lowest BCUT2D eigenvalue weighted by Crippen LogP contribution is -2.38. The topological polar surface area (TPSA) is 38.8 Å². The van der Waals surface area contributed by atoms with E-state index >= 15 is 0 Å². The Morgan fingerprint density at radius 2 is 2.04 bits per heavy atom. The maximum absolute atomic E-state index is 10.8. The Hall–Kier alpha value is -1.10. The van der Waals surface area contributed by atoms with Crippen molar-refractivity contribution >= 4 is 16.8 Å². The normalized spacial score (nSPS) is 18.2. The summed E-state index contributed by atoms with van der Waals surface area (Å²) in [6.07, 6.45) is 6.19. The molecule has 0 saturated carbocycles. The Morgan fingerprint density at radius 3 is 2.76 bits per heavy atom. The molecule has 1 heterocycles. The first kappa shape index (κ1) is 20.2. The maximum atomic E-state index is 10.8. The molecular weight excluding hydrogens is 338 g/mol. The molecule has 0 N–H and O–H groups in total. The molecular formula is C20H30ClNO3. The number of hydrogen-bond acceptors (Lipinski definition) is 4. The van der Waals surface area contributed by atoms with E-state index in [1.165, 1.54) is 24.8 Å². The largest absolute Gasteiger partial charge is 0.494 e. The van der Waals surface area contributed by atoms with Crippen molar-refractivity contribution in [1.82, 2.24) is 4.90 Å². The highest BCUT2D eigenvalue weighted by Gasteiger charge is 2.21. The van der Waals surface area contributed by atoms with Crippen molar-refractivity contribution < 1.29 is 14.3 Å². The number of carbonyl (C=O) groups excluding carboxylic acids is 1. The molecule has 0 spiro atoms.